The molecule has 0 atom stereocenters. The van der Waals surface area contributed by atoms with Crippen LogP contribution < -0.4 is 5.32 Å². The van der Waals surface area contributed by atoms with E-state index in [0.717, 1.165) is 23.2 Å². The molecule has 2 aromatic carbocycles. The van der Waals surface area contributed by atoms with Crippen LogP contribution in [0.5, 0.6) is 0 Å². The average molecular weight is 358 g/mol. The minimum Gasteiger partial charge on any atom is -0.326 e. The number of aromatic nitrogens is 1. The molecule has 0 aliphatic carbocycles. The molecule has 3 nitrogen and oxygen atoms in total. The second-order valence-electron chi connectivity index (χ2n) is 7.78. The number of para-hydroxylation sites is 1. The van der Waals surface area contributed by atoms with Crippen LogP contribution in [0.3, 0.4) is 0 Å². The van der Waals surface area contributed by atoms with Gasteiger partial charge in [-0.15, -0.1) is 0 Å². The maximum Gasteiger partial charge on any atom is 0.224 e. The van der Waals surface area contributed by atoms with E-state index in [1.165, 1.54) is 11.1 Å². The fourth-order valence-corrected chi connectivity index (χ4v) is 3.02. The Morgan fingerprint density at radius 3 is 2.26 bits per heavy atom. The zero-order valence-electron chi connectivity index (χ0n) is 16.2. The number of aryl methyl sites for hydroxylation is 1. The lowest BCUT2D eigenvalue weighted by Gasteiger charge is -2.19. The minimum absolute atomic E-state index is 0.0244. The van der Waals surface area contributed by atoms with Crippen LogP contribution in [0.4, 0.5) is 5.69 Å². The highest BCUT2D eigenvalue weighted by Gasteiger charge is 2.13. The van der Waals surface area contributed by atoms with Crippen molar-refractivity contribution >= 4 is 11.6 Å². The number of hydrogen-bond acceptors (Lipinski definition) is 2. The summed E-state index contributed by atoms with van der Waals surface area (Å²) in [4.78, 5) is 16.5. The van der Waals surface area contributed by atoms with Crippen molar-refractivity contribution in [2.24, 2.45) is 0 Å². The van der Waals surface area contributed by atoms with E-state index in [9.17, 15) is 4.79 Å². The molecule has 1 amide bonds. The van der Waals surface area contributed by atoms with Crippen molar-refractivity contribution < 1.29 is 4.79 Å². The number of anilines is 1. The van der Waals surface area contributed by atoms with Crippen LogP contribution in [0.25, 0.3) is 11.1 Å². The number of carbonyl (C=O) groups is 1. The number of pyridine rings is 1. The Kier molecular flexibility index (Phi) is 5.70. The Bertz CT molecular complexity index is 894. The smallest absolute Gasteiger partial charge is 0.224 e. The molecule has 0 fully saturated rings. The summed E-state index contributed by atoms with van der Waals surface area (Å²) in [6, 6.07) is 20.3. The van der Waals surface area contributed by atoms with E-state index in [0.29, 0.717) is 6.42 Å². The summed E-state index contributed by atoms with van der Waals surface area (Å²) in [5.74, 6) is 0.0244. The molecule has 3 aromatic rings. The minimum atomic E-state index is 0.0244. The standard InChI is InChI=1S/C24H26N2O/c1-24(2,3)20-11-8-18(9-12-20)10-13-23(27)26-22-7-5-4-6-21(22)19-14-16-25-17-15-19/h4-9,11-12,14-17H,10,13H2,1-3H3,(H,26,27). The van der Waals surface area contributed by atoms with Gasteiger partial charge in [-0.1, -0.05) is 63.2 Å². The fourth-order valence-electron chi connectivity index (χ4n) is 3.02. The molecule has 0 unspecified atom stereocenters. The van der Waals surface area contributed by atoms with Crippen LogP contribution in [0.1, 0.15) is 38.3 Å². The van der Waals surface area contributed by atoms with E-state index < -0.39 is 0 Å². The molecule has 0 bridgehead atoms. The summed E-state index contributed by atoms with van der Waals surface area (Å²) in [6.07, 6.45) is 4.71. The van der Waals surface area contributed by atoms with Crippen LogP contribution in [0.2, 0.25) is 0 Å². The van der Waals surface area contributed by atoms with Crippen LogP contribution in [0.15, 0.2) is 73.1 Å². The van der Waals surface area contributed by atoms with Gasteiger partial charge in [0.1, 0.15) is 0 Å². The molecule has 0 aliphatic rings. The van der Waals surface area contributed by atoms with Crippen LogP contribution in [-0.2, 0) is 16.6 Å². The van der Waals surface area contributed by atoms with Gasteiger partial charge in [-0.05, 0) is 46.7 Å². The molecule has 0 saturated heterocycles. The van der Waals surface area contributed by atoms with Gasteiger partial charge in [-0.3, -0.25) is 9.78 Å². The van der Waals surface area contributed by atoms with Crippen molar-refractivity contribution in [1.29, 1.82) is 0 Å². The first kappa shape index (κ1) is 18.8. The molecule has 1 N–H and O–H groups in total. The topological polar surface area (TPSA) is 42.0 Å². The maximum absolute atomic E-state index is 12.5. The number of hydrogen-bond donors (Lipinski definition) is 1. The number of carbonyl (C=O) groups excluding carboxylic acids is 1. The molecule has 0 aliphatic heterocycles. The van der Waals surface area contributed by atoms with Gasteiger partial charge < -0.3 is 5.32 Å². The Labute approximate surface area is 161 Å². The zero-order valence-corrected chi connectivity index (χ0v) is 16.2. The molecule has 0 saturated carbocycles. The maximum atomic E-state index is 12.5. The largest absolute Gasteiger partial charge is 0.326 e. The summed E-state index contributed by atoms with van der Waals surface area (Å²) in [7, 11) is 0. The zero-order chi connectivity index (χ0) is 19.3. The quantitative estimate of drug-likeness (QED) is 0.643. The van der Waals surface area contributed by atoms with Gasteiger partial charge in [0, 0.05) is 30.1 Å². The molecule has 0 spiro atoms. The number of nitrogens with one attached hydrogen (secondary N) is 1. The monoisotopic (exact) mass is 358 g/mol. The van der Waals surface area contributed by atoms with Gasteiger partial charge in [-0.2, -0.15) is 0 Å². The van der Waals surface area contributed by atoms with Gasteiger partial charge in [0.25, 0.3) is 0 Å². The number of benzene rings is 2. The van der Waals surface area contributed by atoms with Crippen LogP contribution >= 0.6 is 0 Å². The third-order valence-corrected chi connectivity index (χ3v) is 4.65. The molecule has 3 heteroatoms. The highest BCUT2D eigenvalue weighted by Crippen LogP contribution is 2.27. The Morgan fingerprint density at radius 1 is 0.926 bits per heavy atom. The van der Waals surface area contributed by atoms with Crippen molar-refractivity contribution in [2.75, 3.05) is 5.32 Å². The van der Waals surface area contributed by atoms with Gasteiger partial charge in [0.15, 0.2) is 0 Å². The average Bonchev–Trinajstić information content (AvgIpc) is 2.67. The Balaban J connectivity index is 1.64. The Morgan fingerprint density at radius 2 is 1.59 bits per heavy atom. The number of amides is 1. The highest BCUT2D eigenvalue weighted by molar-refractivity contribution is 5.95. The van der Waals surface area contributed by atoms with Gasteiger partial charge in [-0.25, -0.2) is 0 Å². The third-order valence-electron chi connectivity index (χ3n) is 4.65. The SMILES string of the molecule is CC(C)(C)c1ccc(CCC(=O)Nc2ccccc2-c2ccncc2)cc1. The lowest BCUT2D eigenvalue weighted by Crippen LogP contribution is -2.13. The molecule has 0 radical (unpaired) electrons. The number of rotatable bonds is 5. The summed E-state index contributed by atoms with van der Waals surface area (Å²) in [6.45, 7) is 6.61. The first-order chi connectivity index (χ1) is 12.9. The van der Waals surface area contributed by atoms with Gasteiger partial charge in [0.2, 0.25) is 5.91 Å². The van der Waals surface area contributed by atoms with E-state index in [4.69, 9.17) is 0 Å². The molecular weight excluding hydrogens is 332 g/mol. The van der Waals surface area contributed by atoms with E-state index in [1.807, 2.05) is 36.4 Å². The van der Waals surface area contributed by atoms with Crippen molar-refractivity contribution in [2.45, 2.75) is 39.0 Å². The second kappa shape index (κ2) is 8.17. The molecule has 1 aromatic heterocycles. The van der Waals surface area contributed by atoms with Crippen LogP contribution in [-0.4, -0.2) is 10.9 Å². The summed E-state index contributed by atoms with van der Waals surface area (Å²) < 4.78 is 0. The molecule has 3 rings (SSSR count). The van der Waals surface area contributed by atoms with E-state index in [-0.39, 0.29) is 11.3 Å². The van der Waals surface area contributed by atoms with Crippen LogP contribution in [0, 0.1) is 0 Å². The highest BCUT2D eigenvalue weighted by atomic mass is 16.1. The van der Waals surface area contributed by atoms with Crippen molar-refractivity contribution in [1.82, 2.24) is 4.98 Å². The summed E-state index contributed by atoms with van der Waals surface area (Å²) in [5, 5.41) is 3.06. The normalized spacial score (nSPS) is 11.2. The molecule has 138 valence electrons. The molecule has 1 heterocycles. The first-order valence-corrected chi connectivity index (χ1v) is 9.32. The predicted octanol–water partition coefficient (Wildman–Crippen LogP) is 5.62. The lowest BCUT2D eigenvalue weighted by molar-refractivity contribution is -0.116. The fraction of sp³-hybridized carbons (Fsp3) is 0.250. The number of nitrogens with zero attached hydrogens (tertiary/aromatic N) is 1. The van der Waals surface area contributed by atoms with Crippen molar-refractivity contribution in [3.63, 3.8) is 0 Å². The van der Waals surface area contributed by atoms with Gasteiger partial charge in [0.05, 0.1) is 0 Å². The predicted molar refractivity (Wildman–Crippen MR) is 112 cm³/mol. The lowest BCUT2D eigenvalue weighted by atomic mass is 9.86. The molecule has 27 heavy (non-hydrogen) atoms. The summed E-state index contributed by atoms with van der Waals surface area (Å²) in [5.41, 5.74) is 5.51. The second-order valence-corrected chi connectivity index (χ2v) is 7.78. The van der Waals surface area contributed by atoms with Gasteiger partial charge >= 0.3 is 0 Å². The van der Waals surface area contributed by atoms with E-state index >= 15 is 0 Å². The van der Waals surface area contributed by atoms with Crippen molar-refractivity contribution in [3.8, 4) is 11.1 Å². The van der Waals surface area contributed by atoms with E-state index in [1.54, 1.807) is 12.4 Å². The third kappa shape index (κ3) is 5.04. The van der Waals surface area contributed by atoms with E-state index in [2.05, 4.69) is 55.3 Å². The summed E-state index contributed by atoms with van der Waals surface area (Å²) >= 11 is 0. The Hall–Kier alpha value is -2.94. The van der Waals surface area contributed by atoms with Crippen molar-refractivity contribution in [3.05, 3.63) is 84.2 Å². The first-order valence-electron chi connectivity index (χ1n) is 9.32. The molecular formula is C24H26N2O.